The highest BCUT2D eigenvalue weighted by molar-refractivity contribution is 5.81. The van der Waals surface area contributed by atoms with Crippen molar-refractivity contribution < 1.29 is 5.11 Å². The minimum atomic E-state index is -0.302. The van der Waals surface area contributed by atoms with Crippen LogP contribution in [0, 0.1) is 6.92 Å². The van der Waals surface area contributed by atoms with Crippen molar-refractivity contribution in [3.63, 3.8) is 0 Å². The van der Waals surface area contributed by atoms with Gasteiger partial charge in [0.05, 0.1) is 11.8 Å². The first kappa shape index (κ1) is 20.8. The van der Waals surface area contributed by atoms with E-state index in [9.17, 15) is 5.11 Å². The topological polar surface area (TPSA) is 52.5 Å². The molecule has 1 N–H and O–H groups in total. The van der Waals surface area contributed by atoms with Gasteiger partial charge in [-0.15, -0.1) is 0 Å². The maximum absolute atomic E-state index is 9.87. The van der Waals surface area contributed by atoms with Gasteiger partial charge in [0, 0.05) is 62.5 Å². The number of hydrogen-bond donors (Lipinski definition) is 1. The number of nitrogens with zero attached hydrogens (tertiary/aromatic N) is 4. The number of anilines is 1. The van der Waals surface area contributed by atoms with Gasteiger partial charge in [-0.25, -0.2) is 4.98 Å². The molecular formula is C26H28N4O. The molecule has 0 aliphatic carbocycles. The second-order valence-corrected chi connectivity index (χ2v) is 8.21. The number of aromatic nitrogens is 2. The van der Waals surface area contributed by atoms with Crippen molar-refractivity contribution >= 4 is 11.4 Å². The molecule has 0 amide bonds. The van der Waals surface area contributed by atoms with Crippen molar-refractivity contribution in [1.29, 1.82) is 0 Å². The van der Waals surface area contributed by atoms with Gasteiger partial charge in [-0.1, -0.05) is 30.9 Å². The Kier molecular flexibility index (Phi) is 5.87. The summed E-state index contributed by atoms with van der Waals surface area (Å²) < 4.78 is 0. The van der Waals surface area contributed by atoms with E-state index in [-0.39, 0.29) is 6.10 Å². The number of aliphatic hydroxyl groups is 1. The van der Waals surface area contributed by atoms with E-state index >= 15 is 0 Å². The molecule has 1 aromatic carbocycles. The number of aliphatic hydroxyl groups excluding tert-OH is 1. The normalized spacial score (nSPS) is 14.3. The van der Waals surface area contributed by atoms with Gasteiger partial charge in [0.2, 0.25) is 0 Å². The molecule has 5 nitrogen and oxygen atoms in total. The molecule has 1 aliphatic heterocycles. The van der Waals surface area contributed by atoms with Gasteiger partial charge in [-0.05, 0) is 47.9 Å². The van der Waals surface area contributed by atoms with Crippen molar-refractivity contribution in [1.82, 2.24) is 14.9 Å². The minimum absolute atomic E-state index is 0.302. The van der Waals surface area contributed by atoms with Crippen LogP contribution in [0.2, 0.25) is 0 Å². The highest BCUT2D eigenvalue weighted by Gasteiger charge is 2.28. The van der Waals surface area contributed by atoms with E-state index in [4.69, 9.17) is 4.98 Å². The van der Waals surface area contributed by atoms with Crippen LogP contribution in [0.4, 0.5) is 5.82 Å². The third-order valence-corrected chi connectivity index (χ3v) is 5.33. The predicted octanol–water partition coefficient (Wildman–Crippen LogP) is 4.39. The Bertz CT molecular complexity index is 1130. The molecule has 0 unspecified atom stereocenters. The molecule has 0 radical (unpaired) electrons. The fourth-order valence-electron chi connectivity index (χ4n) is 3.79. The Morgan fingerprint density at radius 2 is 1.94 bits per heavy atom. The van der Waals surface area contributed by atoms with Crippen LogP contribution in [0.3, 0.4) is 0 Å². The van der Waals surface area contributed by atoms with Crippen LogP contribution in [0.1, 0.15) is 11.1 Å². The molecule has 3 aromatic rings. The van der Waals surface area contributed by atoms with Crippen molar-refractivity contribution in [3.05, 3.63) is 84.8 Å². The summed E-state index contributed by atoms with van der Waals surface area (Å²) in [7, 11) is 4.00. The summed E-state index contributed by atoms with van der Waals surface area (Å²) in [4.78, 5) is 13.5. The summed E-state index contributed by atoms with van der Waals surface area (Å²) in [6.45, 7) is 7.18. The maximum Gasteiger partial charge on any atom is 0.137 e. The van der Waals surface area contributed by atoms with E-state index in [1.165, 1.54) is 0 Å². The molecule has 1 saturated heterocycles. The van der Waals surface area contributed by atoms with E-state index in [1.54, 1.807) is 0 Å². The number of hydrogen-bond acceptors (Lipinski definition) is 5. The quantitative estimate of drug-likeness (QED) is 0.609. The van der Waals surface area contributed by atoms with Gasteiger partial charge >= 0.3 is 0 Å². The molecule has 5 heteroatoms. The molecule has 31 heavy (non-hydrogen) atoms. The summed E-state index contributed by atoms with van der Waals surface area (Å²) >= 11 is 0. The van der Waals surface area contributed by atoms with Crippen molar-refractivity contribution in [2.24, 2.45) is 0 Å². The van der Waals surface area contributed by atoms with Crippen LogP contribution >= 0.6 is 0 Å². The number of aryl methyl sites for hydroxylation is 1. The van der Waals surface area contributed by atoms with Gasteiger partial charge < -0.3 is 14.9 Å². The highest BCUT2D eigenvalue weighted by Crippen LogP contribution is 2.34. The van der Waals surface area contributed by atoms with Gasteiger partial charge in [0.25, 0.3) is 0 Å². The minimum Gasteiger partial charge on any atom is -0.389 e. The zero-order valence-electron chi connectivity index (χ0n) is 18.3. The van der Waals surface area contributed by atoms with E-state index < -0.39 is 0 Å². The van der Waals surface area contributed by atoms with E-state index in [0.29, 0.717) is 13.1 Å². The second kappa shape index (κ2) is 8.74. The Balaban J connectivity index is 1.77. The average Bonchev–Trinajstić information content (AvgIpc) is 2.75. The number of pyridine rings is 2. The fraction of sp³-hybridized carbons (Fsp3) is 0.231. The molecule has 4 rings (SSSR count). The standard InChI is InChI=1S/C26H28N4O/c1-5-19(15-29(3)4)20-7-6-8-21(12-20)25-10-9-24(22-11-18(2)13-27-14-22)26(28-25)30-16-23(31)17-30/h5-15,23,31H,1,16-17H2,2-4H3/b19-15+. The van der Waals surface area contributed by atoms with Gasteiger partial charge in [-0.3, -0.25) is 4.98 Å². The van der Waals surface area contributed by atoms with Crippen LogP contribution in [-0.4, -0.2) is 53.3 Å². The molecule has 0 spiro atoms. The Hall–Kier alpha value is -3.44. The highest BCUT2D eigenvalue weighted by atomic mass is 16.3. The predicted molar refractivity (Wildman–Crippen MR) is 128 cm³/mol. The molecule has 1 fully saturated rings. The van der Waals surface area contributed by atoms with Gasteiger partial charge in [0.1, 0.15) is 5.82 Å². The van der Waals surface area contributed by atoms with E-state index in [2.05, 4.69) is 59.1 Å². The lowest BCUT2D eigenvalue weighted by Gasteiger charge is -2.38. The molecule has 0 saturated carbocycles. The lowest BCUT2D eigenvalue weighted by atomic mass is 10.00. The Morgan fingerprint density at radius 3 is 2.61 bits per heavy atom. The molecule has 3 heterocycles. The monoisotopic (exact) mass is 412 g/mol. The maximum atomic E-state index is 9.87. The van der Waals surface area contributed by atoms with Gasteiger partial charge in [-0.2, -0.15) is 0 Å². The molecule has 158 valence electrons. The molecule has 0 bridgehead atoms. The summed E-state index contributed by atoms with van der Waals surface area (Å²) in [6, 6.07) is 14.6. The molecule has 0 atom stereocenters. The van der Waals surface area contributed by atoms with Crippen molar-refractivity contribution in [2.75, 3.05) is 32.1 Å². The van der Waals surface area contributed by atoms with E-state index in [1.807, 2.05) is 50.5 Å². The van der Waals surface area contributed by atoms with Crippen LogP contribution in [0.5, 0.6) is 0 Å². The van der Waals surface area contributed by atoms with Crippen LogP contribution < -0.4 is 4.90 Å². The average molecular weight is 413 g/mol. The lowest BCUT2D eigenvalue weighted by Crippen LogP contribution is -2.51. The number of benzene rings is 1. The summed E-state index contributed by atoms with van der Waals surface area (Å²) in [5.74, 6) is 0.883. The fourth-order valence-corrected chi connectivity index (χ4v) is 3.79. The number of β-amino-alcohol motifs (C(OH)–C–C–N with tert-alkyl or cyclic N) is 1. The largest absolute Gasteiger partial charge is 0.389 e. The smallest absolute Gasteiger partial charge is 0.137 e. The Morgan fingerprint density at radius 1 is 1.13 bits per heavy atom. The summed E-state index contributed by atoms with van der Waals surface area (Å²) in [6.07, 6.45) is 7.34. The first-order chi connectivity index (χ1) is 14.9. The Labute approximate surface area is 184 Å². The lowest BCUT2D eigenvalue weighted by molar-refractivity contribution is 0.141. The summed E-state index contributed by atoms with van der Waals surface area (Å²) in [5.41, 5.74) is 7.26. The molecular weight excluding hydrogens is 384 g/mol. The molecule has 1 aliphatic rings. The van der Waals surface area contributed by atoms with E-state index in [0.717, 1.165) is 44.9 Å². The van der Waals surface area contributed by atoms with Crippen LogP contribution in [-0.2, 0) is 0 Å². The zero-order valence-corrected chi connectivity index (χ0v) is 18.3. The van der Waals surface area contributed by atoms with Gasteiger partial charge in [0.15, 0.2) is 0 Å². The second-order valence-electron chi connectivity index (χ2n) is 8.21. The third kappa shape index (κ3) is 4.52. The van der Waals surface area contributed by atoms with Crippen molar-refractivity contribution in [2.45, 2.75) is 13.0 Å². The van der Waals surface area contributed by atoms with Crippen LogP contribution in [0.25, 0.3) is 28.0 Å². The van der Waals surface area contributed by atoms with Crippen LogP contribution in [0.15, 0.2) is 73.7 Å². The number of allylic oxidation sites excluding steroid dienone is 2. The molecule has 2 aromatic heterocycles. The van der Waals surface area contributed by atoms with Crippen molar-refractivity contribution in [3.8, 4) is 22.4 Å². The SMILES string of the molecule is C=C/C(=C\N(C)C)c1cccc(-c2ccc(-c3cncc(C)c3)c(N3CC(O)C3)n2)c1. The third-order valence-electron chi connectivity index (χ3n) is 5.33. The zero-order chi connectivity index (χ0) is 22.0. The number of rotatable bonds is 6. The first-order valence-electron chi connectivity index (χ1n) is 10.4. The first-order valence-corrected chi connectivity index (χ1v) is 10.4. The summed E-state index contributed by atoms with van der Waals surface area (Å²) in [5, 5.41) is 9.87.